The zero-order valence-corrected chi connectivity index (χ0v) is 15.7. The summed E-state index contributed by atoms with van der Waals surface area (Å²) in [5.74, 6) is 0.774. The Labute approximate surface area is 153 Å². The Bertz CT molecular complexity index is 722. The fraction of sp³-hybridized carbons (Fsp3) is 0.300. The Morgan fingerprint density at radius 1 is 0.920 bits per heavy atom. The molecule has 4 nitrogen and oxygen atoms in total. The Morgan fingerprint density at radius 3 is 2.20 bits per heavy atom. The molecule has 0 unspecified atom stereocenters. The van der Waals surface area contributed by atoms with Crippen LogP contribution < -0.4 is 10.6 Å². The number of hydrogen-bond donors (Lipinski definition) is 2. The van der Waals surface area contributed by atoms with Crippen molar-refractivity contribution in [3.63, 3.8) is 0 Å². The lowest BCUT2D eigenvalue weighted by Crippen LogP contribution is -2.34. The van der Waals surface area contributed by atoms with E-state index in [-0.39, 0.29) is 18.4 Å². The van der Waals surface area contributed by atoms with Crippen molar-refractivity contribution < 1.29 is 9.59 Å². The van der Waals surface area contributed by atoms with Crippen molar-refractivity contribution in [2.45, 2.75) is 26.5 Å². The van der Waals surface area contributed by atoms with Crippen LogP contribution >= 0.6 is 11.8 Å². The molecule has 5 heteroatoms. The molecular weight excluding hydrogens is 332 g/mol. The van der Waals surface area contributed by atoms with Crippen LogP contribution in [0.4, 0.5) is 5.69 Å². The number of carbonyl (C=O) groups excluding carboxylic acids is 2. The minimum absolute atomic E-state index is 0.0162. The van der Waals surface area contributed by atoms with Crippen LogP contribution in [0.5, 0.6) is 0 Å². The number of benzene rings is 2. The Morgan fingerprint density at radius 2 is 1.56 bits per heavy atom. The minimum Gasteiger partial charge on any atom is -0.346 e. The number of hydrogen-bond acceptors (Lipinski definition) is 3. The molecule has 2 rings (SSSR count). The maximum Gasteiger partial charge on any atom is 0.243 e. The molecule has 0 fully saturated rings. The molecule has 25 heavy (non-hydrogen) atoms. The SMILES string of the molecule is Cc1ccc(CSCC(=O)NCC(=O)Nc2c(C)cccc2C)cc1. The van der Waals surface area contributed by atoms with Gasteiger partial charge in [0.2, 0.25) is 11.8 Å². The van der Waals surface area contributed by atoms with Crippen molar-refractivity contribution in [3.8, 4) is 0 Å². The minimum atomic E-state index is -0.214. The molecule has 0 saturated carbocycles. The van der Waals surface area contributed by atoms with E-state index in [9.17, 15) is 9.59 Å². The summed E-state index contributed by atoms with van der Waals surface area (Å²) < 4.78 is 0. The number of anilines is 1. The third-order valence-electron chi connectivity index (χ3n) is 3.81. The normalized spacial score (nSPS) is 10.4. The third-order valence-corrected chi connectivity index (χ3v) is 4.82. The first-order valence-electron chi connectivity index (χ1n) is 8.22. The van der Waals surface area contributed by atoms with E-state index in [4.69, 9.17) is 0 Å². The average molecular weight is 356 g/mol. The summed E-state index contributed by atoms with van der Waals surface area (Å²) in [6.07, 6.45) is 0. The van der Waals surface area contributed by atoms with Gasteiger partial charge in [0.1, 0.15) is 0 Å². The first kappa shape index (κ1) is 19.1. The predicted octanol–water partition coefficient (Wildman–Crippen LogP) is 3.60. The Balaban J connectivity index is 1.70. The van der Waals surface area contributed by atoms with Gasteiger partial charge in [-0.25, -0.2) is 0 Å². The first-order chi connectivity index (χ1) is 12.0. The highest BCUT2D eigenvalue weighted by molar-refractivity contribution is 7.99. The predicted molar refractivity (Wildman–Crippen MR) is 105 cm³/mol. The topological polar surface area (TPSA) is 58.2 Å². The fourth-order valence-corrected chi connectivity index (χ4v) is 3.19. The molecule has 0 aliphatic carbocycles. The molecule has 2 amide bonds. The number of carbonyl (C=O) groups is 2. The molecule has 2 aromatic carbocycles. The van der Waals surface area contributed by atoms with Crippen LogP contribution in [0.25, 0.3) is 0 Å². The van der Waals surface area contributed by atoms with Gasteiger partial charge in [-0.05, 0) is 37.5 Å². The molecule has 132 valence electrons. The van der Waals surface area contributed by atoms with E-state index < -0.39 is 0 Å². The molecular formula is C20H24N2O2S. The number of para-hydroxylation sites is 1. The maximum absolute atomic E-state index is 12.0. The van der Waals surface area contributed by atoms with E-state index in [2.05, 4.69) is 34.9 Å². The van der Waals surface area contributed by atoms with Gasteiger partial charge in [-0.2, -0.15) is 0 Å². The van der Waals surface area contributed by atoms with Gasteiger partial charge in [-0.1, -0.05) is 48.0 Å². The highest BCUT2D eigenvalue weighted by Crippen LogP contribution is 2.19. The lowest BCUT2D eigenvalue weighted by atomic mass is 10.1. The number of aryl methyl sites for hydroxylation is 3. The summed E-state index contributed by atoms with van der Waals surface area (Å²) >= 11 is 1.54. The first-order valence-corrected chi connectivity index (χ1v) is 9.37. The second-order valence-corrected chi connectivity index (χ2v) is 7.06. The molecule has 0 aliphatic heterocycles. The smallest absolute Gasteiger partial charge is 0.243 e. The molecule has 0 aliphatic rings. The fourth-order valence-electron chi connectivity index (χ4n) is 2.37. The van der Waals surface area contributed by atoms with Crippen LogP contribution in [-0.4, -0.2) is 24.1 Å². The maximum atomic E-state index is 12.0. The van der Waals surface area contributed by atoms with Crippen molar-refractivity contribution in [2.24, 2.45) is 0 Å². The van der Waals surface area contributed by atoms with Crippen molar-refractivity contribution in [1.29, 1.82) is 0 Å². The summed E-state index contributed by atoms with van der Waals surface area (Å²) in [6, 6.07) is 14.1. The van der Waals surface area contributed by atoms with Gasteiger partial charge in [-0.3, -0.25) is 9.59 Å². The molecule has 2 N–H and O–H groups in total. The van der Waals surface area contributed by atoms with Crippen molar-refractivity contribution in [2.75, 3.05) is 17.6 Å². The summed E-state index contributed by atoms with van der Waals surface area (Å²) in [6.45, 7) is 5.93. The number of thioether (sulfide) groups is 1. The zero-order chi connectivity index (χ0) is 18.2. The number of amides is 2. The van der Waals surface area contributed by atoms with Crippen LogP contribution in [0.15, 0.2) is 42.5 Å². The van der Waals surface area contributed by atoms with Crippen molar-refractivity contribution >= 4 is 29.3 Å². The van der Waals surface area contributed by atoms with Gasteiger partial charge in [0.15, 0.2) is 0 Å². The molecule has 0 saturated heterocycles. The summed E-state index contributed by atoms with van der Waals surface area (Å²) in [5, 5.41) is 5.53. The average Bonchev–Trinajstić information content (AvgIpc) is 2.58. The summed E-state index contributed by atoms with van der Waals surface area (Å²) in [4.78, 5) is 23.9. The number of nitrogens with one attached hydrogen (secondary N) is 2. The highest BCUT2D eigenvalue weighted by atomic mass is 32.2. The van der Waals surface area contributed by atoms with Gasteiger partial charge in [-0.15, -0.1) is 11.8 Å². The summed E-state index contributed by atoms with van der Waals surface area (Å²) in [5.41, 5.74) is 5.25. The van der Waals surface area contributed by atoms with Crippen molar-refractivity contribution in [1.82, 2.24) is 5.32 Å². The van der Waals surface area contributed by atoms with E-state index in [0.717, 1.165) is 22.6 Å². The molecule has 2 aromatic rings. The van der Waals surface area contributed by atoms with E-state index in [1.54, 1.807) is 0 Å². The molecule has 0 radical (unpaired) electrons. The molecule has 0 bridgehead atoms. The largest absolute Gasteiger partial charge is 0.346 e. The molecule has 0 aromatic heterocycles. The van der Waals surface area contributed by atoms with Crippen molar-refractivity contribution in [3.05, 3.63) is 64.7 Å². The molecule has 0 spiro atoms. The molecule has 0 atom stereocenters. The van der Waals surface area contributed by atoms with E-state index in [1.807, 2.05) is 39.0 Å². The lowest BCUT2D eigenvalue weighted by Gasteiger charge is -2.12. The van der Waals surface area contributed by atoms with Crippen LogP contribution in [0, 0.1) is 20.8 Å². The Kier molecular flexibility index (Phi) is 7.07. The second-order valence-electron chi connectivity index (χ2n) is 6.07. The number of rotatable bonds is 7. The highest BCUT2D eigenvalue weighted by Gasteiger charge is 2.09. The zero-order valence-electron chi connectivity index (χ0n) is 14.9. The van der Waals surface area contributed by atoms with Crippen LogP contribution in [0.1, 0.15) is 22.3 Å². The van der Waals surface area contributed by atoms with Gasteiger partial charge in [0.05, 0.1) is 12.3 Å². The van der Waals surface area contributed by atoms with Gasteiger partial charge in [0.25, 0.3) is 0 Å². The van der Waals surface area contributed by atoms with Gasteiger partial charge >= 0.3 is 0 Å². The van der Waals surface area contributed by atoms with Gasteiger partial charge < -0.3 is 10.6 Å². The standard InChI is InChI=1S/C20H24N2O2S/c1-14-7-9-17(10-8-14)12-25-13-19(24)21-11-18(23)22-20-15(2)5-4-6-16(20)3/h4-10H,11-13H2,1-3H3,(H,21,24)(H,22,23). The van der Waals surface area contributed by atoms with Crippen LogP contribution in [0.2, 0.25) is 0 Å². The summed E-state index contributed by atoms with van der Waals surface area (Å²) in [7, 11) is 0. The van der Waals surface area contributed by atoms with E-state index in [0.29, 0.717) is 5.75 Å². The second kappa shape index (κ2) is 9.28. The Hall–Kier alpha value is -2.27. The van der Waals surface area contributed by atoms with Crippen LogP contribution in [-0.2, 0) is 15.3 Å². The molecule has 0 heterocycles. The lowest BCUT2D eigenvalue weighted by molar-refractivity contribution is -0.122. The monoisotopic (exact) mass is 356 g/mol. The van der Waals surface area contributed by atoms with Gasteiger partial charge in [0, 0.05) is 11.4 Å². The third kappa shape index (κ3) is 6.27. The van der Waals surface area contributed by atoms with Crippen LogP contribution in [0.3, 0.4) is 0 Å². The van der Waals surface area contributed by atoms with E-state index >= 15 is 0 Å². The van der Waals surface area contributed by atoms with E-state index in [1.165, 1.54) is 22.9 Å². The quantitative estimate of drug-likeness (QED) is 0.797.